The van der Waals surface area contributed by atoms with Crippen LogP contribution in [0.25, 0.3) is 0 Å². The maximum Gasteiger partial charge on any atom is 0.270 e. The molecule has 0 aromatic carbocycles. The van der Waals surface area contributed by atoms with E-state index >= 15 is 0 Å². The molecule has 4 nitrogen and oxygen atoms in total. The molecule has 1 saturated carbocycles. The van der Waals surface area contributed by atoms with Gasteiger partial charge in [-0.1, -0.05) is 6.42 Å². The van der Waals surface area contributed by atoms with E-state index in [4.69, 9.17) is 5.73 Å². The molecule has 2 atom stereocenters. The first-order valence-corrected chi connectivity index (χ1v) is 7.53. The van der Waals surface area contributed by atoms with Crippen LogP contribution < -0.4 is 11.1 Å². The zero-order valence-corrected chi connectivity index (χ0v) is 11.4. The minimum absolute atomic E-state index is 0.0956. The second-order valence-corrected chi connectivity index (χ2v) is 5.81. The Labute approximate surface area is 112 Å². The van der Waals surface area contributed by atoms with Crippen LogP contribution in [-0.2, 0) is 0 Å². The molecule has 1 aromatic rings. The highest BCUT2D eigenvalue weighted by Gasteiger charge is 2.23. The molecule has 5 heteroatoms. The van der Waals surface area contributed by atoms with Crippen LogP contribution in [0.15, 0.2) is 18.3 Å². The fourth-order valence-electron chi connectivity index (χ4n) is 2.29. The number of nitrogens with two attached hydrogens (primary N) is 1. The number of anilines is 1. The summed E-state index contributed by atoms with van der Waals surface area (Å²) in [5, 5.41) is 3.73. The molecule has 1 aromatic heterocycles. The monoisotopic (exact) mass is 265 g/mol. The van der Waals surface area contributed by atoms with Gasteiger partial charge in [0.05, 0.1) is 11.9 Å². The number of carbonyl (C=O) groups excluding carboxylic acids is 1. The zero-order valence-electron chi connectivity index (χ0n) is 10.6. The normalized spacial score (nSPS) is 23.6. The van der Waals surface area contributed by atoms with Gasteiger partial charge < -0.3 is 11.1 Å². The van der Waals surface area contributed by atoms with Crippen LogP contribution in [-0.4, -0.2) is 28.4 Å². The van der Waals surface area contributed by atoms with E-state index in [-0.39, 0.29) is 11.9 Å². The third-order valence-electron chi connectivity index (χ3n) is 3.31. The van der Waals surface area contributed by atoms with Crippen molar-refractivity contribution in [1.29, 1.82) is 0 Å². The highest BCUT2D eigenvalue weighted by Crippen LogP contribution is 2.26. The predicted octanol–water partition coefficient (Wildman–Crippen LogP) is 2.07. The first-order chi connectivity index (χ1) is 8.69. The van der Waals surface area contributed by atoms with Crippen LogP contribution in [0.1, 0.15) is 36.2 Å². The van der Waals surface area contributed by atoms with Gasteiger partial charge in [0, 0.05) is 11.3 Å². The van der Waals surface area contributed by atoms with E-state index in [1.165, 1.54) is 19.0 Å². The molecule has 0 radical (unpaired) electrons. The summed E-state index contributed by atoms with van der Waals surface area (Å²) in [4.78, 5) is 16.0. The quantitative estimate of drug-likeness (QED) is 0.878. The SMILES string of the molecule is CSC1CCCC(NC(=O)c2ccc(N)cn2)C1. The number of pyridine rings is 1. The topological polar surface area (TPSA) is 68.0 Å². The molecule has 2 rings (SSSR count). The standard InChI is InChI=1S/C13H19N3OS/c1-18-11-4-2-3-10(7-11)16-13(17)12-6-5-9(14)8-15-12/h5-6,8,10-11H,2-4,7,14H2,1H3,(H,16,17). The lowest BCUT2D eigenvalue weighted by atomic mass is 9.95. The molecular weight excluding hydrogens is 246 g/mol. The fourth-order valence-corrected chi connectivity index (χ4v) is 3.12. The summed E-state index contributed by atoms with van der Waals surface area (Å²) >= 11 is 1.89. The summed E-state index contributed by atoms with van der Waals surface area (Å²) in [6.07, 6.45) is 8.22. The first-order valence-electron chi connectivity index (χ1n) is 6.24. The van der Waals surface area contributed by atoms with Crippen molar-refractivity contribution in [2.75, 3.05) is 12.0 Å². The molecule has 0 saturated heterocycles. The Morgan fingerprint density at radius 1 is 1.50 bits per heavy atom. The Bertz CT molecular complexity index is 407. The number of nitrogen functional groups attached to an aromatic ring is 1. The van der Waals surface area contributed by atoms with E-state index in [9.17, 15) is 4.79 Å². The van der Waals surface area contributed by atoms with Crippen molar-refractivity contribution in [2.24, 2.45) is 0 Å². The molecule has 1 fully saturated rings. The first kappa shape index (κ1) is 13.2. The highest BCUT2D eigenvalue weighted by atomic mass is 32.2. The van der Waals surface area contributed by atoms with Crippen LogP contribution in [0.5, 0.6) is 0 Å². The number of thioether (sulfide) groups is 1. The predicted molar refractivity (Wildman–Crippen MR) is 75.7 cm³/mol. The summed E-state index contributed by atoms with van der Waals surface area (Å²) in [5.74, 6) is -0.0956. The van der Waals surface area contributed by atoms with Crippen LogP contribution in [0.4, 0.5) is 5.69 Å². The Balaban J connectivity index is 1.92. The van der Waals surface area contributed by atoms with Crippen molar-refractivity contribution in [3.05, 3.63) is 24.0 Å². The fraction of sp³-hybridized carbons (Fsp3) is 0.538. The van der Waals surface area contributed by atoms with Crippen molar-refractivity contribution in [3.63, 3.8) is 0 Å². The van der Waals surface area contributed by atoms with Gasteiger partial charge in [0.1, 0.15) is 5.69 Å². The van der Waals surface area contributed by atoms with Gasteiger partial charge in [0.2, 0.25) is 0 Å². The summed E-state index contributed by atoms with van der Waals surface area (Å²) in [6.45, 7) is 0. The third-order valence-corrected chi connectivity index (χ3v) is 4.41. The molecule has 0 bridgehead atoms. The maximum absolute atomic E-state index is 12.0. The molecular formula is C13H19N3OS. The maximum atomic E-state index is 12.0. The molecule has 1 aliphatic rings. The molecule has 18 heavy (non-hydrogen) atoms. The number of amides is 1. The molecule has 1 aliphatic carbocycles. The lowest BCUT2D eigenvalue weighted by molar-refractivity contribution is 0.0923. The zero-order chi connectivity index (χ0) is 13.0. The molecule has 2 unspecified atom stereocenters. The summed E-state index contributed by atoms with van der Waals surface area (Å²) in [5.41, 5.74) is 6.57. The summed E-state index contributed by atoms with van der Waals surface area (Å²) in [7, 11) is 0. The van der Waals surface area contributed by atoms with E-state index in [1.807, 2.05) is 11.8 Å². The van der Waals surface area contributed by atoms with Gasteiger partial charge in [-0.25, -0.2) is 4.98 Å². The second-order valence-electron chi connectivity index (χ2n) is 4.67. The van der Waals surface area contributed by atoms with Crippen molar-refractivity contribution < 1.29 is 4.79 Å². The number of nitrogens with one attached hydrogen (secondary N) is 1. The second kappa shape index (κ2) is 6.09. The van der Waals surface area contributed by atoms with Crippen molar-refractivity contribution >= 4 is 23.4 Å². The van der Waals surface area contributed by atoms with E-state index in [2.05, 4.69) is 16.6 Å². The number of carbonyl (C=O) groups is 1. The van der Waals surface area contributed by atoms with E-state index in [1.54, 1.807) is 12.1 Å². The van der Waals surface area contributed by atoms with Gasteiger partial charge in [-0.15, -0.1) is 0 Å². The number of nitrogens with zero attached hydrogens (tertiary/aromatic N) is 1. The average Bonchev–Trinajstić information content (AvgIpc) is 2.39. The minimum Gasteiger partial charge on any atom is -0.397 e. The Morgan fingerprint density at radius 2 is 2.33 bits per heavy atom. The Morgan fingerprint density at radius 3 is 3.00 bits per heavy atom. The van der Waals surface area contributed by atoms with E-state index in [0.717, 1.165) is 12.8 Å². The molecule has 1 heterocycles. The van der Waals surface area contributed by atoms with Crippen LogP contribution in [0, 0.1) is 0 Å². The molecule has 0 aliphatic heterocycles. The van der Waals surface area contributed by atoms with Gasteiger partial charge >= 0.3 is 0 Å². The number of rotatable bonds is 3. The van der Waals surface area contributed by atoms with Crippen molar-refractivity contribution in [3.8, 4) is 0 Å². The van der Waals surface area contributed by atoms with Crippen LogP contribution >= 0.6 is 11.8 Å². The van der Waals surface area contributed by atoms with Crippen molar-refractivity contribution in [2.45, 2.75) is 37.0 Å². The van der Waals surface area contributed by atoms with Gasteiger partial charge in [-0.3, -0.25) is 4.79 Å². The Hall–Kier alpha value is -1.23. The van der Waals surface area contributed by atoms with Gasteiger partial charge in [0.15, 0.2) is 0 Å². The molecule has 1 amide bonds. The number of hydrogen-bond donors (Lipinski definition) is 2. The van der Waals surface area contributed by atoms with Crippen LogP contribution in [0.2, 0.25) is 0 Å². The lowest BCUT2D eigenvalue weighted by Gasteiger charge is -2.28. The molecule has 3 N–H and O–H groups in total. The summed E-state index contributed by atoms with van der Waals surface area (Å²) < 4.78 is 0. The largest absolute Gasteiger partial charge is 0.397 e. The Kier molecular flexibility index (Phi) is 4.47. The molecule has 0 spiro atoms. The average molecular weight is 265 g/mol. The van der Waals surface area contributed by atoms with Gasteiger partial charge in [-0.05, 0) is 37.7 Å². The molecule has 98 valence electrons. The van der Waals surface area contributed by atoms with Crippen molar-refractivity contribution in [1.82, 2.24) is 10.3 Å². The number of hydrogen-bond acceptors (Lipinski definition) is 4. The summed E-state index contributed by atoms with van der Waals surface area (Å²) in [6, 6.07) is 3.65. The van der Waals surface area contributed by atoms with E-state index < -0.39 is 0 Å². The van der Waals surface area contributed by atoms with Gasteiger partial charge in [0.25, 0.3) is 5.91 Å². The minimum atomic E-state index is -0.0956. The van der Waals surface area contributed by atoms with Crippen LogP contribution in [0.3, 0.4) is 0 Å². The van der Waals surface area contributed by atoms with E-state index in [0.29, 0.717) is 16.6 Å². The third kappa shape index (κ3) is 3.38. The number of aromatic nitrogens is 1. The van der Waals surface area contributed by atoms with Gasteiger partial charge in [-0.2, -0.15) is 11.8 Å². The lowest BCUT2D eigenvalue weighted by Crippen LogP contribution is -2.39. The smallest absolute Gasteiger partial charge is 0.270 e. The highest BCUT2D eigenvalue weighted by molar-refractivity contribution is 7.99.